The Morgan fingerprint density at radius 2 is 2.08 bits per heavy atom. The summed E-state index contributed by atoms with van der Waals surface area (Å²) < 4.78 is 15.3. The van der Waals surface area contributed by atoms with Crippen molar-refractivity contribution in [2.45, 2.75) is 25.2 Å². The average Bonchev–Trinajstić information content (AvgIpc) is 2.66. The van der Waals surface area contributed by atoms with E-state index in [0.717, 1.165) is 5.56 Å². The Kier molecular flexibility index (Phi) is 7.22. The van der Waals surface area contributed by atoms with E-state index in [-0.39, 0.29) is 32.7 Å². The van der Waals surface area contributed by atoms with Crippen LogP contribution < -0.4 is 5.32 Å². The normalized spacial score (nSPS) is 17.9. The molecule has 9 nitrogen and oxygen atoms in total. The van der Waals surface area contributed by atoms with Crippen LogP contribution in [0, 0.1) is 0 Å². The average molecular weight is 366 g/mol. The zero-order chi connectivity index (χ0) is 18.9. The molecule has 1 saturated heterocycles. The van der Waals surface area contributed by atoms with E-state index in [4.69, 9.17) is 19.3 Å². The predicted molar refractivity (Wildman–Crippen MR) is 89.5 cm³/mol. The highest BCUT2D eigenvalue weighted by Gasteiger charge is 2.31. The maximum Gasteiger partial charge on any atom is 0.408 e. The van der Waals surface area contributed by atoms with Crippen molar-refractivity contribution in [3.8, 4) is 0 Å². The van der Waals surface area contributed by atoms with E-state index < -0.39 is 30.3 Å². The fourth-order valence-electron chi connectivity index (χ4n) is 2.56. The second kappa shape index (κ2) is 9.62. The summed E-state index contributed by atoms with van der Waals surface area (Å²) in [6.45, 7) is 0.668. The number of carbonyl (C=O) groups is 3. The number of ether oxygens (including phenoxy) is 3. The minimum absolute atomic E-state index is 0.0628. The molecule has 142 valence electrons. The van der Waals surface area contributed by atoms with E-state index in [0.29, 0.717) is 0 Å². The largest absolute Gasteiger partial charge is 0.467 e. The summed E-state index contributed by atoms with van der Waals surface area (Å²) in [5, 5.41) is 11.5. The molecule has 2 amide bonds. The molecule has 9 heteroatoms. The van der Waals surface area contributed by atoms with Gasteiger partial charge in [-0.25, -0.2) is 14.4 Å². The Morgan fingerprint density at radius 1 is 1.35 bits per heavy atom. The van der Waals surface area contributed by atoms with Gasteiger partial charge in [0.25, 0.3) is 0 Å². The Hall–Kier alpha value is -2.81. The second-order valence-electron chi connectivity index (χ2n) is 5.74. The van der Waals surface area contributed by atoms with Gasteiger partial charge in [-0.2, -0.15) is 0 Å². The minimum atomic E-state index is -1.05. The van der Waals surface area contributed by atoms with Crippen molar-refractivity contribution in [2.24, 2.45) is 0 Å². The minimum Gasteiger partial charge on any atom is -0.467 e. The van der Waals surface area contributed by atoms with Gasteiger partial charge < -0.3 is 29.5 Å². The van der Waals surface area contributed by atoms with Gasteiger partial charge in [-0.05, 0) is 5.56 Å². The second-order valence-corrected chi connectivity index (χ2v) is 5.74. The Bertz CT molecular complexity index is 623. The topological polar surface area (TPSA) is 114 Å². The third kappa shape index (κ3) is 5.92. The standard InChI is InChI=1S/C17H22N2O7/c1-24-15(20)14(9-13-10-19(17(22)23)7-8-25-13)18-16(21)26-11-12-5-3-2-4-6-12/h2-6,13-14H,7-11H2,1H3,(H,18,21)(H,22,23)/t13-,14-/m0/s1. The Balaban J connectivity index is 1.89. The van der Waals surface area contributed by atoms with Crippen molar-refractivity contribution in [3.05, 3.63) is 35.9 Å². The monoisotopic (exact) mass is 366 g/mol. The van der Waals surface area contributed by atoms with Gasteiger partial charge in [-0.1, -0.05) is 30.3 Å². The van der Waals surface area contributed by atoms with E-state index in [1.54, 1.807) is 12.1 Å². The number of hydrogen-bond acceptors (Lipinski definition) is 6. The van der Waals surface area contributed by atoms with E-state index in [9.17, 15) is 14.4 Å². The quantitative estimate of drug-likeness (QED) is 0.728. The van der Waals surface area contributed by atoms with Crippen LogP contribution in [0.2, 0.25) is 0 Å². The van der Waals surface area contributed by atoms with Crippen molar-refractivity contribution >= 4 is 18.2 Å². The Labute approximate surface area is 150 Å². The number of hydrogen-bond donors (Lipinski definition) is 2. The molecular weight excluding hydrogens is 344 g/mol. The number of methoxy groups -OCH3 is 1. The molecule has 0 saturated carbocycles. The molecule has 2 N–H and O–H groups in total. The molecular formula is C17H22N2O7. The maximum atomic E-state index is 12.0. The predicted octanol–water partition coefficient (Wildman–Crippen LogP) is 1.22. The molecule has 0 radical (unpaired) electrons. The van der Waals surface area contributed by atoms with Gasteiger partial charge in [-0.15, -0.1) is 0 Å². The lowest BCUT2D eigenvalue weighted by molar-refractivity contribution is -0.144. The van der Waals surface area contributed by atoms with Crippen LogP contribution in [0.4, 0.5) is 9.59 Å². The summed E-state index contributed by atoms with van der Waals surface area (Å²) in [7, 11) is 1.21. The van der Waals surface area contributed by atoms with Crippen molar-refractivity contribution in [1.29, 1.82) is 0 Å². The molecule has 1 heterocycles. The maximum absolute atomic E-state index is 12.0. The fourth-order valence-corrected chi connectivity index (χ4v) is 2.56. The summed E-state index contributed by atoms with van der Waals surface area (Å²) >= 11 is 0. The van der Waals surface area contributed by atoms with Crippen LogP contribution in [0.1, 0.15) is 12.0 Å². The highest BCUT2D eigenvalue weighted by molar-refractivity contribution is 5.81. The number of nitrogens with zero attached hydrogens (tertiary/aromatic N) is 1. The van der Waals surface area contributed by atoms with Gasteiger partial charge in [0.2, 0.25) is 0 Å². The number of nitrogens with one attached hydrogen (secondary N) is 1. The third-order valence-electron chi connectivity index (χ3n) is 3.90. The Morgan fingerprint density at radius 3 is 2.73 bits per heavy atom. The molecule has 0 spiro atoms. The van der Waals surface area contributed by atoms with Gasteiger partial charge in [0.05, 0.1) is 26.4 Å². The molecule has 0 unspecified atom stereocenters. The van der Waals surface area contributed by atoms with E-state index in [2.05, 4.69) is 5.32 Å². The summed E-state index contributed by atoms with van der Waals surface area (Å²) in [4.78, 5) is 36.2. The molecule has 1 fully saturated rings. The van der Waals surface area contributed by atoms with Crippen LogP contribution in [0.5, 0.6) is 0 Å². The van der Waals surface area contributed by atoms with Crippen LogP contribution in [-0.2, 0) is 25.6 Å². The van der Waals surface area contributed by atoms with Gasteiger partial charge >= 0.3 is 18.2 Å². The highest BCUT2D eigenvalue weighted by atomic mass is 16.6. The first-order chi connectivity index (χ1) is 12.5. The summed E-state index contributed by atoms with van der Waals surface area (Å²) in [6.07, 6.45) is -2.27. The lowest BCUT2D eigenvalue weighted by atomic mass is 10.1. The first-order valence-corrected chi connectivity index (χ1v) is 8.14. The summed E-state index contributed by atoms with van der Waals surface area (Å²) in [5.41, 5.74) is 0.810. The van der Waals surface area contributed by atoms with Crippen LogP contribution in [0.15, 0.2) is 30.3 Å². The van der Waals surface area contributed by atoms with Gasteiger partial charge in [0, 0.05) is 13.0 Å². The molecule has 0 aliphatic carbocycles. The number of rotatable bonds is 6. The van der Waals surface area contributed by atoms with Crippen LogP contribution >= 0.6 is 0 Å². The number of alkyl carbamates (subject to hydrolysis) is 1. The van der Waals surface area contributed by atoms with E-state index in [1.807, 2.05) is 18.2 Å². The van der Waals surface area contributed by atoms with Crippen molar-refractivity contribution in [3.63, 3.8) is 0 Å². The first kappa shape index (κ1) is 19.5. The number of benzene rings is 1. The van der Waals surface area contributed by atoms with Crippen LogP contribution in [0.3, 0.4) is 0 Å². The van der Waals surface area contributed by atoms with Gasteiger partial charge in [0.15, 0.2) is 0 Å². The first-order valence-electron chi connectivity index (χ1n) is 8.14. The highest BCUT2D eigenvalue weighted by Crippen LogP contribution is 2.12. The number of amides is 2. The molecule has 0 aromatic heterocycles. The van der Waals surface area contributed by atoms with Gasteiger partial charge in [-0.3, -0.25) is 0 Å². The third-order valence-corrected chi connectivity index (χ3v) is 3.90. The van der Waals surface area contributed by atoms with Crippen molar-refractivity contribution in [2.75, 3.05) is 26.8 Å². The molecule has 2 rings (SSSR count). The van der Waals surface area contributed by atoms with E-state index >= 15 is 0 Å². The van der Waals surface area contributed by atoms with E-state index in [1.165, 1.54) is 12.0 Å². The van der Waals surface area contributed by atoms with Crippen LogP contribution in [-0.4, -0.2) is 67.1 Å². The molecule has 1 aromatic rings. The molecule has 2 atom stereocenters. The van der Waals surface area contributed by atoms with Crippen molar-refractivity contribution < 1.29 is 33.7 Å². The fraction of sp³-hybridized carbons (Fsp3) is 0.471. The molecule has 26 heavy (non-hydrogen) atoms. The molecule has 1 aliphatic rings. The smallest absolute Gasteiger partial charge is 0.408 e. The molecule has 1 aromatic carbocycles. The van der Waals surface area contributed by atoms with Crippen molar-refractivity contribution in [1.82, 2.24) is 10.2 Å². The van der Waals surface area contributed by atoms with Gasteiger partial charge in [0.1, 0.15) is 12.6 Å². The summed E-state index contributed by atoms with van der Waals surface area (Å²) in [5.74, 6) is -0.655. The van der Waals surface area contributed by atoms with Crippen LogP contribution in [0.25, 0.3) is 0 Å². The zero-order valence-corrected chi connectivity index (χ0v) is 14.4. The number of morpholine rings is 1. The molecule has 0 bridgehead atoms. The summed E-state index contributed by atoms with van der Waals surface area (Å²) in [6, 6.07) is 8.11. The lowest BCUT2D eigenvalue weighted by Crippen LogP contribution is -2.50. The number of esters is 1. The SMILES string of the molecule is COC(=O)[C@H](C[C@H]1CN(C(=O)O)CCO1)NC(=O)OCc1ccccc1. The number of carbonyl (C=O) groups excluding carboxylic acids is 2. The number of carboxylic acid groups (broad SMARTS) is 1. The zero-order valence-electron chi connectivity index (χ0n) is 14.4. The molecule has 1 aliphatic heterocycles. The lowest BCUT2D eigenvalue weighted by Gasteiger charge is -2.32.